The smallest absolute Gasteiger partial charge is 0.255 e. The fraction of sp³-hybridized carbons (Fsp3) is 0.542. The van der Waals surface area contributed by atoms with Gasteiger partial charge in [0.2, 0.25) is 5.91 Å². The van der Waals surface area contributed by atoms with Gasteiger partial charge in [-0.3, -0.25) is 14.5 Å². The van der Waals surface area contributed by atoms with Crippen molar-refractivity contribution in [2.75, 3.05) is 26.3 Å². The molecule has 3 aliphatic heterocycles. The first-order valence-corrected chi connectivity index (χ1v) is 11.6. The molecule has 2 aromatic rings. The van der Waals surface area contributed by atoms with Gasteiger partial charge in [0.1, 0.15) is 11.6 Å². The van der Waals surface area contributed by atoms with Crippen LogP contribution in [0.2, 0.25) is 0 Å². The fourth-order valence-electron chi connectivity index (χ4n) is 5.24. The van der Waals surface area contributed by atoms with Gasteiger partial charge in [-0.25, -0.2) is 9.37 Å². The molecule has 0 unspecified atom stereocenters. The van der Waals surface area contributed by atoms with Gasteiger partial charge in [0.05, 0.1) is 23.7 Å². The highest BCUT2D eigenvalue weighted by molar-refractivity contribution is 5.79. The Bertz CT molecular complexity index is 1050. The van der Waals surface area contributed by atoms with Crippen LogP contribution >= 0.6 is 0 Å². The number of aromatic nitrogens is 2. The van der Waals surface area contributed by atoms with Crippen molar-refractivity contribution in [3.63, 3.8) is 0 Å². The van der Waals surface area contributed by atoms with Gasteiger partial charge in [0.15, 0.2) is 0 Å². The summed E-state index contributed by atoms with van der Waals surface area (Å²) in [6.07, 6.45) is 4.34. The number of aromatic amines is 1. The van der Waals surface area contributed by atoms with Crippen LogP contribution in [0.5, 0.6) is 0 Å². The van der Waals surface area contributed by atoms with E-state index in [4.69, 9.17) is 9.72 Å². The van der Waals surface area contributed by atoms with E-state index in [9.17, 15) is 14.0 Å². The molecule has 0 aliphatic carbocycles. The highest BCUT2D eigenvalue weighted by Crippen LogP contribution is 2.31. The Kier molecular flexibility index (Phi) is 6.06. The Morgan fingerprint density at radius 1 is 1.19 bits per heavy atom. The van der Waals surface area contributed by atoms with Gasteiger partial charge in [-0.05, 0) is 37.3 Å². The van der Waals surface area contributed by atoms with Crippen molar-refractivity contribution in [2.45, 2.75) is 57.2 Å². The molecule has 1 aromatic heterocycles. The third kappa shape index (κ3) is 4.21. The second kappa shape index (κ2) is 9.11. The largest absolute Gasteiger partial charge is 0.381 e. The standard InChI is InChI=1S/C24H29FN4O3/c25-19-5-2-1-4-16(19)14-22(30)29-10-3-6-21(29)23-26-20-7-11-28(15-18(20)24(31)27-23)17-8-12-32-13-9-17/h1-2,4-5,17,21H,3,6-15H2,(H,26,27,31)/t21-/m0/s1. The molecule has 5 rings (SSSR count). The number of fused-ring (bicyclic) bond motifs is 1. The Morgan fingerprint density at radius 3 is 2.81 bits per heavy atom. The molecule has 0 spiro atoms. The molecular weight excluding hydrogens is 411 g/mol. The van der Waals surface area contributed by atoms with E-state index in [0.29, 0.717) is 30.5 Å². The number of hydrogen-bond acceptors (Lipinski definition) is 5. The predicted molar refractivity (Wildman–Crippen MR) is 117 cm³/mol. The second-order valence-electron chi connectivity index (χ2n) is 8.95. The third-order valence-corrected chi connectivity index (χ3v) is 7.01. The van der Waals surface area contributed by atoms with Crippen LogP contribution in [-0.4, -0.2) is 58.0 Å². The van der Waals surface area contributed by atoms with Crippen LogP contribution in [-0.2, 0) is 28.9 Å². The minimum Gasteiger partial charge on any atom is -0.381 e. The number of carbonyl (C=O) groups is 1. The van der Waals surface area contributed by atoms with Crippen molar-refractivity contribution in [1.29, 1.82) is 0 Å². The zero-order valence-corrected chi connectivity index (χ0v) is 18.2. The predicted octanol–water partition coefficient (Wildman–Crippen LogP) is 2.35. The molecule has 32 heavy (non-hydrogen) atoms. The van der Waals surface area contributed by atoms with Crippen LogP contribution in [0.4, 0.5) is 4.39 Å². The van der Waals surface area contributed by atoms with E-state index in [0.717, 1.165) is 63.1 Å². The van der Waals surface area contributed by atoms with E-state index in [-0.39, 0.29) is 29.7 Å². The van der Waals surface area contributed by atoms with E-state index in [1.165, 1.54) is 6.07 Å². The lowest BCUT2D eigenvalue weighted by Crippen LogP contribution is -2.44. The Labute approximate surface area is 186 Å². The summed E-state index contributed by atoms with van der Waals surface area (Å²) < 4.78 is 19.5. The molecule has 4 heterocycles. The van der Waals surface area contributed by atoms with Crippen molar-refractivity contribution in [2.24, 2.45) is 0 Å². The van der Waals surface area contributed by atoms with E-state index >= 15 is 0 Å². The molecule has 2 saturated heterocycles. The lowest BCUT2D eigenvalue weighted by molar-refractivity contribution is -0.131. The molecule has 2 fully saturated rings. The summed E-state index contributed by atoms with van der Waals surface area (Å²) in [4.78, 5) is 37.9. The number of ether oxygens (including phenoxy) is 1. The Morgan fingerprint density at radius 2 is 2.00 bits per heavy atom. The first kappa shape index (κ1) is 21.3. The molecule has 0 saturated carbocycles. The molecule has 8 heteroatoms. The summed E-state index contributed by atoms with van der Waals surface area (Å²) in [7, 11) is 0. The highest BCUT2D eigenvalue weighted by Gasteiger charge is 2.34. The molecular formula is C24H29FN4O3. The topological polar surface area (TPSA) is 78.5 Å². The maximum Gasteiger partial charge on any atom is 0.255 e. The third-order valence-electron chi connectivity index (χ3n) is 7.01. The van der Waals surface area contributed by atoms with Crippen LogP contribution < -0.4 is 5.56 Å². The normalized spacial score (nSPS) is 22.2. The minimum atomic E-state index is -0.369. The van der Waals surface area contributed by atoms with Gasteiger partial charge in [-0.15, -0.1) is 0 Å². The van der Waals surface area contributed by atoms with E-state index < -0.39 is 0 Å². The summed E-state index contributed by atoms with van der Waals surface area (Å²) >= 11 is 0. The van der Waals surface area contributed by atoms with E-state index in [1.54, 1.807) is 23.1 Å². The van der Waals surface area contributed by atoms with Crippen LogP contribution in [0.3, 0.4) is 0 Å². The Hall–Kier alpha value is -2.58. The number of likely N-dealkylation sites (tertiary alicyclic amines) is 1. The van der Waals surface area contributed by atoms with Crippen LogP contribution in [0.25, 0.3) is 0 Å². The van der Waals surface area contributed by atoms with Crippen molar-refractivity contribution in [3.05, 3.63) is 63.1 Å². The number of amides is 1. The maximum absolute atomic E-state index is 14.0. The number of hydrogen-bond donors (Lipinski definition) is 1. The summed E-state index contributed by atoms with van der Waals surface area (Å²) in [5.74, 6) is 0.0577. The van der Waals surface area contributed by atoms with E-state index in [2.05, 4.69) is 9.88 Å². The summed E-state index contributed by atoms with van der Waals surface area (Å²) in [5, 5.41) is 0. The quantitative estimate of drug-likeness (QED) is 0.790. The number of nitrogens with zero attached hydrogens (tertiary/aromatic N) is 3. The average molecular weight is 441 g/mol. The zero-order chi connectivity index (χ0) is 22.1. The lowest BCUT2D eigenvalue weighted by Gasteiger charge is -2.37. The number of halogens is 1. The maximum atomic E-state index is 14.0. The molecule has 170 valence electrons. The fourth-order valence-corrected chi connectivity index (χ4v) is 5.24. The van der Waals surface area contributed by atoms with Crippen molar-refractivity contribution < 1.29 is 13.9 Å². The Balaban J connectivity index is 1.33. The summed E-state index contributed by atoms with van der Waals surface area (Å²) in [6, 6.07) is 6.56. The average Bonchev–Trinajstić information content (AvgIpc) is 3.31. The second-order valence-corrected chi connectivity index (χ2v) is 8.95. The molecule has 1 aromatic carbocycles. The molecule has 3 aliphatic rings. The molecule has 0 bridgehead atoms. The van der Waals surface area contributed by atoms with Crippen LogP contribution in [0.1, 0.15) is 54.4 Å². The monoisotopic (exact) mass is 440 g/mol. The van der Waals surface area contributed by atoms with Gasteiger partial charge in [-0.2, -0.15) is 0 Å². The van der Waals surface area contributed by atoms with Gasteiger partial charge >= 0.3 is 0 Å². The van der Waals surface area contributed by atoms with Gasteiger partial charge in [0, 0.05) is 45.3 Å². The molecule has 7 nitrogen and oxygen atoms in total. The number of benzene rings is 1. The number of nitrogens with one attached hydrogen (secondary N) is 1. The minimum absolute atomic E-state index is 0.0123. The highest BCUT2D eigenvalue weighted by atomic mass is 19.1. The number of rotatable bonds is 4. The van der Waals surface area contributed by atoms with Gasteiger partial charge in [-0.1, -0.05) is 18.2 Å². The van der Waals surface area contributed by atoms with Gasteiger partial charge in [0.25, 0.3) is 5.56 Å². The molecule has 0 radical (unpaired) electrons. The van der Waals surface area contributed by atoms with E-state index in [1.807, 2.05) is 0 Å². The summed E-state index contributed by atoms with van der Waals surface area (Å²) in [5.41, 5.74) is 1.88. The molecule has 1 atom stereocenters. The lowest BCUT2D eigenvalue weighted by atomic mass is 10.0. The van der Waals surface area contributed by atoms with Crippen molar-refractivity contribution in [1.82, 2.24) is 19.8 Å². The van der Waals surface area contributed by atoms with Crippen LogP contribution in [0.15, 0.2) is 29.1 Å². The first-order chi connectivity index (χ1) is 15.6. The van der Waals surface area contributed by atoms with Crippen molar-refractivity contribution in [3.8, 4) is 0 Å². The zero-order valence-electron chi connectivity index (χ0n) is 18.2. The molecule has 1 N–H and O–H groups in total. The van der Waals surface area contributed by atoms with Crippen LogP contribution in [0, 0.1) is 5.82 Å². The number of carbonyl (C=O) groups excluding carboxylic acids is 1. The molecule has 1 amide bonds. The number of H-pyrrole nitrogens is 1. The first-order valence-electron chi connectivity index (χ1n) is 11.6. The summed E-state index contributed by atoms with van der Waals surface area (Å²) in [6.45, 7) is 3.65. The van der Waals surface area contributed by atoms with Gasteiger partial charge < -0.3 is 14.6 Å². The SMILES string of the molecule is O=C(Cc1ccccc1F)N1CCC[C@H]1c1nc2c(c(=O)[nH]1)CN(C1CCOCC1)CC2. The van der Waals surface area contributed by atoms with Crippen molar-refractivity contribution >= 4 is 5.91 Å².